The van der Waals surface area contributed by atoms with Gasteiger partial charge in [-0.2, -0.15) is 0 Å². The minimum Gasteiger partial charge on any atom is -0.370 e. The quantitative estimate of drug-likeness (QED) is 0.102. The van der Waals surface area contributed by atoms with Crippen LogP contribution in [0.4, 0.5) is 27.9 Å². The highest BCUT2D eigenvalue weighted by Gasteiger charge is 2.40. The van der Waals surface area contributed by atoms with Gasteiger partial charge in [0.05, 0.1) is 22.7 Å². The second-order valence-electron chi connectivity index (χ2n) is 14.5. The number of primary amides is 2. The van der Waals surface area contributed by atoms with Crippen LogP contribution in [0.2, 0.25) is 0 Å². The molecule has 3 fully saturated rings. The average molecular weight is 896 g/mol. The molecule has 2 aromatic carbocycles. The zero-order valence-corrected chi connectivity index (χ0v) is 35.8. The van der Waals surface area contributed by atoms with Gasteiger partial charge in [-0.25, -0.2) is 9.97 Å². The first-order valence-electron chi connectivity index (χ1n) is 19.3. The Bertz CT molecular complexity index is 2060. The van der Waals surface area contributed by atoms with Crippen LogP contribution in [0.3, 0.4) is 0 Å². The van der Waals surface area contributed by atoms with E-state index in [1.807, 2.05) is 48.5 Å². The first-order valence-corrected chi connectivity index (χ1v) is 21.8. The van der Waals surface area contributed by atoms with Crippen molar-refractivity contribution in [2.75, 3.05) is 79.1 Å². The Balaban J connectivity index is 0.000000200. The molecule has 2 aromatic heterocycles. The molecule has 7 rings (SSSR count). The minimum absolute atomic E-state index is 0.231. The molecular formula is C39H51BrN12O4S2. The van der Waals surface area contributed by atoms with Crippen LogP contribution in [0.5, 0.6) is 0 Å². The number of piperidine rings is 3. The molecule has 0 unspecified atom stereocenters. The lowest BCUT2D eigenvalue weighted by Gasteiger charge is -2.41. The van der Waals surface area contributed by atoms with Crippen molar-refractivity contribution in [3.8, 4) is 0 Å². The second-order valence-corrected chi connectivity index (χ2v) is 17.5. The number of thiazole rings is 2. The van der Waals surface area contributed by atoms with E-state index in [0.717, 1.165) is 53.8 Å². The van der Waals surface area contributed by atoms with E-state index in [4.69, 9.17) is 11.5 Å². The molecule has 19 heteroatoms. The first-order chi connectivity index (χ1) is 28.0. The van der Waals surface area contributed by atoms with Crippen LogP contribution < -0.4 is 53.2 Å². The number of carbonyl (C=O) groups excluding carboxylic acids is 4. The number of nitrogens with one attached hydrogen (secondary N) is 6. The molecule has 0 saturated carbocycles. The van der Waals surface area contributed by atoms with Gasteiger partial charge in [0.2, 0.25) is 11.8 Å². The third-order valence-electron chi connectivity index (χ3n) is 11.2. The number of amides is 4. The number of hydrogen-bond donors (Lipinski definition) is 8. The van der Waals surface area contributed by atoms with Crippen LogP contribution in [0.15, 0.2) is 63.2 Å². The van der Waals surface area contributed by atoms with Crippen LogP contribution in [0.25, 0.3) is 0 Å². The summed E-state index contributed by atoms with van der Waals surface area (Å²) in [6, 6.07) is 15.7. The Morgan fingerprint density at radius 1 is 0.724 bits per heavy atom. The largest absolute Gasteiger partial charge is 0.370 e. The maximum atomic E-state index is 12.9. The van der Waals surface area contributed by atoms with Crippen LogP contribution in [-0.2, 0) is 9.59 Å². The molecule has 58 heavy (non-hydrogen) atoms. The number of benzene rings is 2. The highest BCUT2D eigenvalue weighted by atomic mass is 79.9. The van der Waals surface area contributed by atoms with Gasteiger partial charge in [-0.05, 0) is 106 Å². The Labute approximate surface area is 354 Å². The van der Waals surface area contributed by atoms with Crippen LogP contribution in [-0.4, -0.2) is 104 Å². The number of halogens is 1. The van der Waals surface area contributed by atoms with Gasteiger partial charge in [-0.1, -0.05) is 24.3 Å². The number of aromatic nitrogens is 2. The van der Waals surface area contributed by atoms with Gasteiger partial charge in [0.15, 0.2) is 9.05 Å². The Morgan fingerprint density at radius 3 is 1.60 bits per heavy atom. The molecule has 16 nitrogen and oxygen atoms in total. The lowest BCUT2D eigenvalue weighted by Crippen LogP contribution is -2.59. The van der Waals surface area contributed by atoms with E-state index in [1.54, 1.807) is 24.9 Å². The van der Waals surface area contributed by atoms with E-state index in [9.17, 15) is 19.2 Å². The normalized spacial score (nSPS) is 17.7. The number of hydrogen-bond acceptors (Lipinski definition) is 14. The third kappa shape index (κ3) is 10.1. The molecule has 0 radical (unpaired) electrons. The van der Waals surface area contributed by atoms with Gasteiger partial charge in [0, 0.05) is 43.0 Å². The standard InChI is InChI=1S/C22H31N7O2S.C17H20BrN5O2S/c1-24-22(20(23)31)8-12-29(13-9-22)18-5-3-2-4-16(18)27-19(30)17-14-32-21(28-17)26-15-6-10-25-11-7-15;1-20-17(15(19)25)6-8-23(9-7-17)13-5-3-2-4-11(13)21-14(24)12-10-26-16(18)22-12/h2-5,14-15,24-25H,6-13H2,1H3,(H2,23,31)(H,26,28)(H,27,30);2-5,10,20H,6-9H2,1H3,(H2,19,25)(H,21,24). The van der Waals surface area contributed by atoms with Crippen molar-refractivity contribution >= 4 is 90.1 Å². The molecule has 3 aliphatic heterocycles. The number of nitrogens with two attached hydrogens (primary N) is 2. The topological polar surface area (TPSA) is 225 Å². The summed E-state index contributed by atoms with van der Waals surface area (Å²) in [5, 5.41) is 23.2. The Morgan fingerprint density at radius 2 is 1.17 bits per heavy atom. The minimum atomic E-state index is -0.674. The highest BCUT2D eigenvalue weighted by molar-refractivity contribution is 9.11. The molecule has 10 N–H and O–H groups in total. The summed E-state index contributed by atoms with van der Waals surface area (Å²) in [7, 11) is 3.54. The second kappa shape index (κ2) is 19.4. The predicted molar refractivity (Wildman–Crippen MR) is 235 cm³/mol. The van der Waals surface area contributed by atoms with E-state index in [2.05, 4.69) is 67.6 Å². The predicted octanol–water partition coefficient (Wildman–Crippen LogP) is 3.80. The molecule has 3 aliphatic rings. The summed E-state index contributed by atoms with van der Waals surface area (Å²) < 4.78 is 0.668. The van der Waals surface area contributed by atoms with Gasteiger partial charge < -0.3 is 53.2 Å². The fourth-order valence-electron chi connectivity index (χ4n) is 7.52. The number of likely N-dealkylation sites (N-methyl/N-ethyl adjacent to an activating group) is 2. The van der Waals surface area contributed by atoms with E-state index >= 15 is 0 Å². The maximum Gasteiger partial charge on any atom is 0.275 e. The third-order valence-corrected chi connectivity index (χ3v) is 13.4. The molecule has 4 amide bonds. The number of anilines is 5. The van der Waals surface area contributed by atoms with Crippen LogP contribution in [0, 0.1) is 0 Å². The molecule has 0 atom stereocenters. The molecule has 0 spiro atoms. The lowest BCUT2D eigenvalue weighted by atomic mass is 9.86. The molecule has 3 saturated heterocycles. The molecule has 4 aromatic rings. The van der Waals surface area contributed by atoms with E-state index < -0.39 is 11.1 Å². The Hall–Kier alpha value is -4.66. The van der Waals surface area contributed by atoms with Crippen LogP contribution in [0.1, 0.15) is 59.5 Å². The number of para-hydroxylation sites is 4. The SMILES string of the molecule is CNC1(C(N)=O)CCN(c2ccccc2NC(=O)c2csc(Br)n2)CC1.CNC1(C(N)=O)CCN(c2ccccc2NC(=O)c2csc(NC3CCNCC3)n2)CC1. The number of carbonyl (C=O) groups is 4. The molecule has 0 bridgehead atoms. The van der Waals surface area contributed by atoms with Crippen molar-refractivity contribution in [3.63, 3.8) is 0 Å². The monoisotopic (exact) mass is 894 g/mol. The zero-order chi connectivity index (χ0) is 41.3. The van der Waals surface area contributed by atoms with E-state index in [1.165, 1.54) is 22.7 Å². The summed E-state index contributed by atoms with van der Waals surface area (Å²) in [6.07, 6.45) is 4.54. The summed E-state index contributed by atoms with van der Waals surface area (Å²) in [4.78, 5) is 62.0. The van der Waals surface area contributed by atoms with E-state index in [0.29, 0.717) is 73.2 Å². The molecular weight excluding hydrogens is 845 g/mol. The molecule has 5 heterocycles. The fourth-order valence-corrected chi connectivity index (χ4v) is 9.28. The average Bonchev–Trinajstić information content (AvgIpc) is 3.91. The number of rotatable bonds is 12. The molecule has 310 valence electrons. The zero-order valence-electron chi connectivity index (χ0n) is 32.6. The van der Waals surface area contributed by atoms with Crippen molar-refractivity contribution in [2.45, 2.75) is 55.6 Å². The maximum absolute atomic E-state index is 12.9. The van der Waals surface area contributed by atoms with Crippen molar-refractivity contribution in [2.24, 2.45) is 11.5 Å². The summed E-state index contributed by atoms with van der Waals surface area (Å²) in [5.41, 5.74) is 13.9. The first kappa shape index (κ1) is 42.9. The summed E-state index contributed by atoms with van der Waals surface area (Å²) in [6.45, 7) is 4.66. The lowest BCUT2D eigenvalue weighted by molar-refractivity contribution is -0.125. The fraction of sp³-hybridized carbons (Fsp3) is 0.436. The molecule has 0 aliphatic carbocycles. The van der Waals surface area contributed by atoms with Crippen molar-refractivity contribution in [3.05, 3.63) is 74.6 Å². The van der Waals surface area contributed by atoms with Gasteiger partial charge in [0.1, 0.15) is 22.5 Å². The Kier molecular flexibility index (Phi) is 14.4. The van der Waals surface area contributed by atoms with Gasteiger partial charge in [-0.15, -0.1) is 22.7 Å². The van der Waals surface area contributed by atoms with Gasteiger partial charge >= 0.3 is 0 Å². The van der Waals surface area contributed by atoms with Crippen molar-refractivity contribution < 1.29 is 19.2 Å². The summed E-state index contributed by atoms with van der Waals surface area (Å²) >= 11 is 6.09. The van der Waals surface area contributed by atoms with Gasteiger partial charge in [0.25, 0.3) is 11.8 Å². The van der Waals surface area contributed by atoms with Crippen molar-refractivity contribution in [1.82, 2.24) is 25.9 Å². The summed E-state index contributed by atoms with van der Waals surface area (Å²) in [5.74, 6) is -1.13. The smallest absolute Gasteiger partial charge is 0.275 e. The van der Waals surface area contributed by atoms with Crippen LogP contribution >= 0.6 is 38.6 Å². The highest BCUT2D eigenvalue weighted by Crippen LogP contribution is 2.33. The van der Waals surface area contributed by atoms with E-state index in [-0.39, 0.29) is 23.6 Å². The van der Waals surface area contributed by atoms with Crippen molar-refractivity contribution in [1.29, 1.82) is 0 Å². The number of nitrogens with zero attached hydrogens (tertiary/aromatic N) is 4. The van der Waals surface area contributed by atoms with Gasteiger partial charge in [-0.3, -0.25) is 19.2 Å².